The van der Waals surface area contributed by atoms with E-state index in [2.05, 4.69) is 36.3 Å². The fourth-order valence-electron chi connectivity index (χ4n) is 3.90. The number of halogens is 1. The van der Waals surface area contributed by atoms with E-state index in [-0.39, 0.29) is 17.9 Å². The summed E-state index contributed by atoms with van der Waals surface area (Å²) in [5, 5.41) is 7.18. The lowest BCUT2D eigenvalue weighted by atomic mass is 9.96. The van der Waals surface area contributed by atoms with Crippen LogP contribution in [0.5, 0.6) is 5.75 Å². The Morgan fingerprint density at radius 3 is 2.67 bits per heavy atom. The maximum Gasteiger partial charge on any atom is 0.241 e. The van der Waals surface area contributed by atoms with Crippen LogP contribution in [0.1, 0.15) is 38.1 Å². The highest BCUT2D eigenvalue weighted by Gasteiger charge is 2.26. The number of carbonyl (C=O) groups is 1. The van der Waals surface area contributed by atoms with Gasteiger partial charge < -0.3 is 14.6 Å². The van der Waals surface area contributed by atoms with Gasteiger partial charge >= 0.3 is 0 Å². The molecule has 2 heterocycles. The summed E-state index contributed by atoms with van der Waals surface area (Å²) >= 11 is 3.47. The zero-order valence-corrected chi connectivity index (χ0v) is 20.5. The maximum atomic E-state index is 12.6. The molecule has 1 aromatic heterocycles. The van der Waals surface area contributed by atoms with Gasteiger partial charge in [0.15, 0.2) is 0 Å². The first kappa shape index (κ1) is 23.4. The molecule has 0 unspecified atom stereocenters. The van der Waals surface area contributed by atoms with Crippen LogP contribution < -0.4 is 10.1 Å². The molecule has 0 radical (unpaired) electrons. The van der Waals surface area contributed by atoms with Crippen molar-refractivity contribution in [3.8, 4) is 17.1 Å². The van der Waals surface area contributed by atoms with Crippen LogP contribution >= 0.6 is 15.9 Å². The van der Waals surface area contributed by atoms with E-state index in [1.165, 1.54) is 0 Å². The number of rotatable bonds is 8. The quantitative estimate of drug-likeness (QED) is 0.466. The third-order valence-corrected chi connectivity index (χ3v) is 6.12. The fourth-order valence-corrected chi connectivity index (χ4v) is 4.30. The number of benzene rings is 2. The lowest BCUT2D eigenvalue weighted by molar-refractivity contribution is -0.126. The van der Waals surface area contributed by atoms with Crippen LogP contribution in [0.3, 0.4) is 0 Å². The van der Waals surface area contributed by atoms with Crippen molar-refractivity contribution in [2.24, 2.45) is 5.92 Å². The number of nitrogens with zero attached hydrogens (tertiary/aromatic N) is 3. The SMILES string of the molecule is CC(C)Oc1ccc(CNC(=O)C2CCN(Cc3nc(-c4cccc(Br)c4)no3)CC2)cc1. The lowest BCUT2D eigenvalue weighted by Crippen LogP contribution is -2.40. The van der Waals surface area contributed by atoms with Crippen LogP contribution in [0.2, 0.25) is 0 Å². The number of carbonyl (C=O) groups excluding carboxylic acids is 1. The number of nitrogens with one attached hydrogen (secondary N) is 1. The summed E-state index contributed by atoms with van der Waals surface area (Å²) in [6.45, 7) is 6.79. The van der Waals surface area contributed by atoms with Crippen molar-refractivity contribution in [3.63, 3.8) is 0 Å². The number of ether oxygens (including phenoxy) is 1. The van der Waals surface area contributed by atoms with Crippen molar-refractivity contribution >= 4 is 21.8 Å². The Balaban J connectivity index is 1.21. The van der Waals surface area contributed by atoms with Crippen molar-refractivity contribution in [2.75, 3.05) is 13.1 Å². The highest BCUT2D eigenvalue weighted by atomic mass is 79.9. The third kappa shape index (κ3) is 6.65. The van der Waals surface area contributed by atoms with Crippen LogP contribution in [0.4, 0.5) is 0 Å². The van der Waals surface area contributed by atoms with Gasteiger partial charge in [-0.3, -0.25) is 9.69 Å². The molecule has 174 valence electrons. The first-order valence-corrected chi connectivity index (χ1v) is 12.1. The molecule has 0 saturated carbocycles. The summed E-state index contributed by atoms with van der Waals surface area (Å²) in [4.78, 5) is 19.4. The number of hydrogen-bond acceptors (Lipinski definition) is 6. The molecule has 3 aromatic rings. The number of aromatic nitrogens is 2. The van der Waals surface area contributed by atoms with Gasteiger partial charge in [-0.15, -0.1) is 0 Å². The molecular formula is C25H29BrN4O3. The Bertz CT molecular complexity index is 1060. The molecular weight excluding hydrogens is 484 g/mol. The minimum absolute atomic E-state index is 0.0321. The van der Waals surface area contributed by atoms with Gasteiger partial charge in [-0.2, -0.15) is 4.98 Å². The van der Waals surface area contributed by atoms with E-state index in [4.69, 9.17) is 9.26 Å². The molecule has 1 amide bonds. The summed E-state index contributed by atoms with van der Waals surface area (Å²) in [6, 6.07) is 15.7. The van der Waals surface area contributed by atoms with Gasteiger partial charge in [-0.25, -0.2) is 0 Å². The highest BCUT2D eigenvalue weighted by molar-refractivity contribution is 9.10. The van der Waals surface area contributed by atoms with Crippen molar-refractivity contribution in [1.82, 2.24) is 20.4 Å². The second-order valence-electron chi connectivity index (χ2n) is 8.60. The van der Waals surface area contributed by atoms with Gasteiger partial charge in [0.05, 0.1) is 12.6 Å². The maximum absolute atomic E-state index is 12.6. The standard InChI is InChI=1S/C25H29BrN4O3/c1-17(2)32-22-8-6-18(7-9-22)15-27-25(31)19-10-12-30(13-11-19)16-23-28-24(29-33-23)20-4-3-5-21(26)14-20/h3-9,14,17,19H,10-13,15-16H2,1-2H3,(H,27,31). The smallest absolute Gasteiger partial charge is 0.241 e. The summed E-state index contributed by atoms with van der Waals surface area (Å²) in [7, 11) is 0. The van der Waals surface area contributed by atoms with Gasteiger partial charge in [0.2, 0.25) is 17.6 Å². The molecule has 33 heavy (non-hydrogen) atoms. The summed E-state index contributed by atoms with van der Waals surface area (Å²) < 4.78 is 12.1. The fraction of sp³-hybridized carbons (Fsp3) is 0.400. The minimum atomic E-state index is 0.0321. The molecule has 2 aromatic carbocycles. The zero-order chi connectivity index (χ0) is 23.2. The largest absolute Gasteiger partial charge is 0.491 e. The minimum Gasteiger partial charge on any atom is -0.491 e. The predicted octanol–water partition coefficient (Wildman–Crippen LogP) is 4.81. The van der Waals surface area contributed by atoms with Crippen molar-refractivity contribution in [3.05, 3.63) is 64.5 Å². The molecule has 1 aliphatic heterocycles. The third-order valence-electron chi connectivity index (χ3n) is 5.63. The Hall–Kier alpha value is -2.71. The van der Waals surface area contributed by atoms with Gasteiger partial charge in [0.25, 0.3) is 0 Å². The van der Waals surface area contributed by atoms with E-state index in [9.17, 15) is 4.79 Å². The lowest BCUT2D eigenvalue weighted by Gasteiger charge is -2.30. The van der Waals surface area contributed by atoms with E-state index in [1.54, 1.807) is 0 Å². The van der Waals surface area contributed by atoms with Crippen molar-refractivity contribution < 1.29 is 14.1 Å². The van der Waals surface area contributed by atoms with Gasteiger partial charge in [0, 0.05) is 22.5 Å². The van der Waals surface area contributed by atoms with Gasteiger partial charge in [0.1, 0.15) is 5.75 Å². The Labute approximate surface area is 202 Å². The summed E-state index contributed by atoms with van der Waals surface area (Å²) in [5.74, 6) is 2.18. The molecule has 8 heteroatoms. The average molecular weight is 513 g/mol. The molecule has 7 nitrogen and oxygen atoms in total. The first-order valence-electron chi connectivity index (χ1n) is 11.3. The molecule has 1 saturated heterocycles. The van der Waals surface area contributed by atoms with Crippen molar-refractivity contribution in [2.45, 2.75) is 45.9 Å². The summed E-state index contributed by atoms with van der Waals surface area (Å²) in [6.07, 6.45) is 1.79. The van der Waals surface area contributed by atoms with Crippen LogP contribution in [0, 0.1) is 5.92 Å². The number of piperidine rings is 1. The van der Waals surface area contributed by atoms with Crippen LogP contribution in [0.15, 0.2) is 57.5 Å². The Kier molecular flexibility index (Phi) is 7.77. The normalized spacial score (nSPS) is 15.0. The van der Waals surface area contributed by atoms with Crippen molar-refractivity contribution in [1.29, 1.82) is 0 Å². The molecule has 4 rings (SSSR count). The average Bonchev–Trinajstić information content (AvgIpc) is 3.27. The summed E-state index contributed by atoms with van der Waals surface area (Å²) in [5.41, 5.74) is 1.98. The molecule has 1 fully saturated rings. The second-order valence-corrected chi connectivity index (χ2v) is 9.52. The molecule has 1 N–H and O–H groups in total. The highest BCUT2D eigenvalue weighted by Crippen LogP contribution is 2.23. The van der Waals surface area contributed by atoms with Crippen LogP contribution in [-0.4, -0.2) is 40.1 Å². The Morgan fingerprint density at radius 1 is 1.21 bits per heavy atom. The molecule has 0 spiro atoms. The van der Waals surface area contributed by atoms with E-state index in [1.807, 2.05) is 62.4 Å². The second kappa shape index (κ2) is 10.9. The van der Waals surface area contributed by atoms with Crippen LogP contribution in [0.25, 0.3) is 11.4 Å². The van der Waals surface area contributed by atoms with E-state index in [0.717, 1.165) is 47.3 Å². The monoisotopic (exact) mass is 512 g/mol. The number of amides is 1. The molecule has 0 aliphatic carbocycles. The zero-order valence-electron chi connectivity index (χ0n) is 19.0. The van der Waals surface area contributed by atoms with E-state index in [0.29, 0.717) is 24.8 Å². The number of likely N-dealkylation sites (tertiary alicyclic amines) is 1. The molecule has 0 bridgehead atoms. The first-order chi connectivity index (χ1) is 16.0. The predicted molar refractivity (Wildman–Crippen MR) is 129 cm³/mol. The topological polar surface area (TPSA) is 80.5 Å². The molecule has 1 aliphatic rings. The van der Waals surface area contributed by atoms with Gasteiger partial charge in [-0.05, 0) is 69.6 Å². The van der Waals surface area contributed by atoms with E-state index >= 15 is 0 Å². The molecule has 0 atom stereocenters. The van der Waals surface area contributed by atoms with E-state index < -0.39 is 0 Å². The van der Waals surface area contributed by atoms with Crippen LogP contribution in [-0.2, 0) is 17.9 Å². The number of hydrogen-bond donors (Lipinski definition) is 1. The Morgan fingerprint density at radius 2 is 1.97 bits per heavy atom. The van der Waals surface area contributed by atoms with Gasteiger partial charge in [-0.1, -0.05) is 45.4 Å².